The summed E-state index contributed by atoms with van der Waals surface area (Å²) in [4.78, 5) is 12.4. The summed E-state index contributed by atoms with van der Waals surface area (Å²) in [6.45, 7) is 3.44. The largest absolute Gasteiger partial charge is 0.508 e. The summed E-state index contributed by atoms with van der Waals surface area (Å²) >= 11 is 0. The predicted octanol–water partition coefficient (Wildman–Crippen LogP) is 2.99. The number of carbonyl (C=O) groups excluding carboxylic acids is 1. The molecule has 1 aliphatic rings. The highest BCUT2D eigenvalue weighted by molar-refractivity contribution is 5.94. The molecule has 2 heterocycles. The van der Waals surface area contributed by atoms with Gasteiger partial charge < -0.3 is 15.2 Å². The van der Waals surface area contributed by atoms with E-state index in [-0.39, 0.29) is 17.8 Å². The highest BCUT2D eigenvalue weighted by atomic mass is 16.5. The summed E-state index contributed by atoms with van der Waals surface area (Å²) in [5.74, 6) is -0.127. The van der Waals surface area contributed by atoms with Crippen molar-refractivity contribution in [2.75, 3.05) is 13.2 Å². The van der Waals surface area contributed by atoms with Crippen LogP contribution in [0.15, 0.2) is 54.7 Å². The first kappa shape index (κ1) is 18.3. The number of hydrogen-bond donors (Lipinski definition) is 2. The Balaban J connectivity index is 1.44. The molecule has 6 heteroatoms. The van der Waals surface area contributed by atoms with Crippen LogP contribution >= 0.6 is 0 Å². The zero-order chi connectivity index (χ0) is 19.5. The number of benzene rings is 2. The Morgan fingerprint density at radius 3 is 2.89 bits per heavy atom. The van der Waals surface area contributed by atoms with E-state index in [0.29, 0.717) is 25.3 Å². The van der Waals surface area contributed by atoms with Gasteiger partial charge >= 0.3 is 0 Å². The smallest absolute Gasteiger partial charge is 0.251 e. The molecule has 1 unspecified atom stereocenters. The number of aromatic nitrogens is 2. The normalized spacial score (nSPS) is 15.8. The molecule has 0 aliphatic carbocycles. The number of phenols is 1. The molecular formula is C22H23N3O3. The fraction of sp³-hybridized carbons (Fsp3) is 0.273. The Kier molecular flexibility index (Phi) is 5.12. The summed E-state index contributed by atoms with van der Waals surface area (Å²) in [6, 6.07) is 15.1. The Morgan fingerprint density at radius 2 is 2.11 bits per heavy atom. The van der Waals surface area contributed by atoms with Crippen LogP contribution in [0.5, 0.6) is 5.75 Å². The molecule has 6 nitrogen and oxygen atoms in total. The third-order valence-corrected chi connectivity index (χ3v) is 4.97. The van der Waals surface area contributed by atoms with E-state index in [4.69, 9.17) is 9.84 Å². The first-order valence-electron chi connectivity index (χ1n) is 9.40. The van der Waals surface area contributed by atoms with E-state index in [1.54, 1.807) is 19.1 Å². The second-order valence-electron chi connectivity index (χ2n) is 7.04. The van der Waals surface area contributed by atoms with Gasteiger partial charge in [-0.25, -0.2) is 0 Å². The first-order chi connectivity index (χ1) is 13.6. The topological polar surface area (TPSA) is 76.4 Å². The van der Waals surface area contributed by atoms with Crippen molar-refractivity contribution >= 4 is 5.91 Å². The highest BCUT2D eigenvalue weighted by Crippen LogP contribution is 2.26. The van der Waals surface area contributed by atoms with Gasteiger partial charge in [0, 0.05) is 18.3 Å². The van der Waals surface area contributed by atoms with Crippen LogP contribution in [0.2, 0.25) is 0 Å². The summed E-state index contributed by atoms with van der Waals surface area (Å²) in [7, 11) is 0. The third kappa shape index (κ3) is 3.92. The van der Waals surface area contributed by atoms with Crippen molar-refractivity contribution in [2.45, 2.75) is 26.0 Å². The molecule has 0 saturated heterocycles. The fourth-order valence-electron chi connectivity index (χ4n) is 3.38. The molecular weight excluding hydrogens is 354 g/mol. The number of aromatic hydroxyl groups is 1. The Morgan fingerprint density at radius 1 is 1.29 bits per heavy atom. The fourth-order valence-corrected chi connectivity index (χ4v) is 3.38. The van der Waals surface area contributed by atoms with Crippen molar-refractivity contribution in [1.82, 2.24) is 15.1 Å². The number of hydrogen-bond acceptors (Lipinski definition) is 4. The van der Waals surface area contributed by atoms with Crippen molar-refractivity contribution < 1.29 is 14.6 Å². The summed E-state index contributed by atoms with van der Waals surface area (Å²) in [5.41, 5.74) is 4.39. The van der Waals surface area contributed by atoms with Crippen LogP contribution in [0.4, 0.5) is 0 Å². The highest BCUT2D eigenvalue weighted by Gasteiger charge is 2.25. The molecule has 0 saturated carbocycles. The average Bonchev–Trinajstić information content (AvgIpc) is 3.12. The predicted molar refractivity (Wildman–Crippen MR) is 105 cm³/mol. The van der Waals surface area contributed by atoms with E-state index in [1.165, 1.54) is 11.6 Å². The maximum atomic E-state index is 12.4. The van der Waals surface area contributed by atoms with Crippen molar-refractivity contribution in [3.8, 4) is 5.75 Å². The lowest BCUT2D eigenvalue weighted by Crippen LogP contribution is -2.31. The number of fused-ring (bicyclic) bond motifs is 1. The van der Waals surface area contributed by atoms with E-state index in [0.717, 1.165) is 23.2 Å². The lowest BCUT2D eigenvalue weighted by Gasteiger charge is -2.22. The van der Waals surface area contributed by atoms with E-state index in [9.17, 15) is 9.90 Å². The molecule has 4 rings (SSSR count). The molecule has 0 bridgehead atoms. The SMILES string of the molecule is Cc1ccc(C(=O)NCC2OCCc3cn(Cc4ccccc4)nc32)cc1O. The Hall–Kier alpha value is -3.12. The molecule has 2 N–H and O–H groups in total. The van der Waals surface area contributed by atoms with Gasteiger partial charge in [0.05, 0.1) is 18.8 Å². The second kappa shape index (κ2) is 7.86. The Labute approximate surface area is 163 Å². The van der Waals surface area contributed by atoms with E-state index >= 15 is 0 Å². The zero-order valence-corrected chi connectivity index (χ0v) is 15.8. The van der Waals surface area contributed by atoms with Gasteiger partial charge in [0.2, 0.25) is 0 Å². The van der Waals surface area contributed by atoms with Gasteiger partial charge in [-0.2, -0.15) is 5.10 Å². The molecule has 28 heavy (non-hydrogen) atoms. The van der Waals surface area contributed by atoms with Crippen molar-refractivity contribution in [3.63, 3.8) is 0 Å². The van der Waals surface area contributed by atoms with Gasteiger partial charge in [-0.3, -0.25) is 9.48 Å². The van der Waals surface area contributed by atoms with E-state index in [2.05, 4.69) is 23.6 Å². The van der Waals surface area contributed by atoms with Crippen LogP contribution in [0, 0.1) is 6.92 Å². The van der Waals surface area contributed by atoms with Gasteiger partial charge in [0.25, 0.3) is 5.91 Å². The Bertz CT molecular complexity index is 982. The van der Waals surface area contributed by atoms with Crippen LogP contribution in [-0.2, 0) is 17.7 Å². The quantitative estimate of drug-likeness (QED) is 0.717. The molecule has 144 valence electrons. The molecule has 0 radical (unpaired) electrons. The van der Waals surface area contributed by atoms with Gasteiger partial charge in [-0.1, -0.05) is 36.4 Å². The number of amides is 1. The van der Waals surface area contributed by atoms with Gasteiger partial charge in [-0.15, -0.1) is 0 Å². The maximum absolute atomic E-state index is 12.4. The van der Waals surface area contributed by atoms with Crippen LogP contribution in [0.3, 0.4) is 0 Å². The van der Waals surface area contributed by atoms with Crippen molar-refractivity contribution in [3.05, 3.63) is 82.7 Å². The zero-order valence-electron chi connectivity index (χ0n) is 15.8. The lowest BCUT2D eigenvalue weighted by atomic mass is 10.1. The summed E-state index contributed by atoms with van der Waals surface area (Å²) in [5, 5.41) is 17.4. The van der Waals surface area contributed by atoms with Gasteiger partial charge in [0.1, 0.15) is 11.9 Å². The first-order valence-corrected chi connectivity index (χ1v) is 9.40. The molecule has 1 aromatic heterocycles. The standard InChI is InChI=1S/C22H23N3O3/c1-15-7-8-17(11-19(15)26)22(27)23-12-20-21-18(9-10-28-20)14-25(24-21)13-16-5-3-2-4-6-16/h2-8,11,14,20,26H,9-10,12-13H2,1H3,(H,23,27). The molecule has 2 aromatic carbocycles. The molecule has 3 aromatic rings. The van der Waals surface area contributed by atoms with Gasteiger partial charge in [-0.05, 0) is 42.2 Å². The van der Waals surface area contributed by atoms with Crippen LogP contribution in [0.1, 0.15) is 38.8 Å². The molecule has 1 amide bonds. The number of ether oxygens (including phenoxy) is 1. The number of phenolic OH excluding ortho intramolecular Hbond substituents is 1. The number of aryl methyl sites for hydroxylation is 1. The van der Waals surface area contributed by atoms with Gasteiger partial charge in [0.15, 0.2) is 0 Å². The van der Waals surface area contributed by atoms with E-state index < -0.39 is 0 Å². The number of nitrogens with one attached hydrogen (secondary N) is 1. The summed E-state index contributed by atoms with van der Waals surface area (Å²) < 4.78 is 7.79. The number of rotatable bonds is 5. The maximum Gasteiger partial charge on any atom is 0.251 e. The molecule has 1 aliphatic heterocycles. The number of carbonyl (C=O) groups is 1. The summed E-state index contributed by atoms with van der Waals surface area (Å²) in [6.07, 6.45) is 2.61. The lowest BCUT2D eigenvalue weighted by molar-refractivity contribution is 0.0383. The van der Waals surface area contributed by atoms with Crippen LogP contribution in [-0.4, -0.2) is 33.9 Å². The molecule has 0 fully saturated rings. The second-order valence-corrected chi connectivity index (χ2v) is 7.04. The van der Waals surface area contributed by atoms with Crippen LogP contribution in [0.25, 0.3) is 0 Å². The molecule has 1 atom stereocenters. The average molecular weight is 377 g/mol. The van der Waals surface area contributed by atoms with E-state index in [1.807, 2.05) is 22.9 Å². The van der Waals surface area contributed by atoms with Crippen molar-refractivity contribution in [2.24, 2.45) is 0 Å². The number of nitrogens with zero attached hydrogens (tertiary/aromatic N) is 2. The minimum atomic E-state index is -0.274. The van der Waals surface area contributed by atoms with Crippen molar-refractivity contribution in [1.29, 1.82) is 0 Å². The minimum Gasteiger partial charge on any atom is -0.508 e. The monoisotopic (exact) mass is 377 g/mol. The minimum absolute atomic E-state index is 0.114. The molecule has 0 spiro atoms. The third-order valence-electron chi connectivity index (χ3n) is 4.97. The van der Waals surface area contributed by atoms with Crippen LogP contribution < -0.4 is 5.32 Å².